The lowest BCUT2D eigenvalue weighted by Crippen LogP contribution is -2.33. The van der Waals surface area contributed by atoms with Gasteiger partial charge in [-0.1, -0.05) is 12.8 Å². The molecule has 1 aromatic rings. The summed E-state index contributed by atoms with van der Waals surface area (Å²) in [6.45, 7) is 0.457. The maximum atomic E-state index is 11.3. The van der Waals surface area contributed by atoms with Crippen molar-refractivity contribution >= 4 is 15.7 Å². The normalized spacial score (nSPS) is 18.8. The van der Waals surface area contributed by atoms with Crippen LogP contribution in [0.1, 0.15) is 25.7 Å². The Balaban J connectivity index is 1.98. The summed E-state index contributed by atoms with van der Waals surface area (Å²) in [5, 5.41) is 13.2. The third-order valence-corrected chi connectivity index (χ3v) is 4.40. The topological polar surface area (TPSA) is 79.3 Å². The number of aliphatic hydroxyl groups is 1. The zero-order valence-corrected chi connectivity index (χ0v) is 11.2. The van der Waals surface area contributed by atoms with Crippen molar-refractivity contribution in [2.24, 2.45) is 0 Å². The summed E-state index contributed by atoms with van der Waals surface area (Å²) in [5.41, 5.74) is -0.642. The van der Waals surface area contributed by atoms with E-state index in [0.717, 1.165) is 31.9 Å². The minimum absolute atomic E-state index is 0.202. The number of nitrogens with zero attached hydrogens (tertiary/aromatic N) is 1. The highest BCUT2D eigenvalue weighted by Gasteiger charge is 2.30. The lowest BCUT2D eigenvalue weighted by Gasteiger charge is -2.22. The maximum Gasteiger partial charge on any atom is 0.177 e. The average molecular weight is 270 g/mol. The zero-order chi connectivity index (χ0) is 13.2. The lowest BCUT2D eigenvalue weighted by atomic mass is 10.0. The van der Waals surface area contributed by atoms with Crippen LogP contribution >= 0.6 is 0 Å². The Morgan fingerprint density at radius 2 is 2.06 bits per heavy atom. The van der Waals surface area contributed by atoms with E-state index in [-0.39, 0.29) is 4.90 Å². The first kappa shape index (κ1) is 13.3. The summed E-state index contributed by atoms with van der Waals surface area (Å²) in [5.74, 6) is 0.586. The Labute approximate surface area is 107 Å². The third-order valence-electron chi connectivity index (χ3n) is 3.30. The van der Waals surface area contributed by atoms with Crippen molar-refractivity contribution in [2.45, 2.75) is 36.2 Å². The van der Waals surface area contributed by atoms with Crippen molar-refractivity contribution in [1.82, 2.24) is 4.98 Å². The van der Waals surface area contributed by atoms with Gasteiger partial charge in [0.15, 0.2) is 9.84 Å². The van der Waals surface area contributed by atoms with Gasteiger partial charge in [-0.3, -0.25) is 0 Å². The predicted molar refractivity (Wildman–Crippen MR) is 69.3 cm³/mol. The molecule has 0 saturated heterocycles. The second kappa shape index (κ2) is 4.85. The molecule has 0 spiro atoms. The van der Waals surface area contributed by atoms with Crippen LogP contribution in [0.3, 0.4) is 0 Å². The highest BCUT2D eigenvalue weighted by Crippen LogP contribution is 2.29. The Morgan fingerprint density at radius 1 is 1.39 bits per heavy atom. The van der Waals surface area contributed by atoms with Crippen LogP contribution in [0.5, 0.6) is 0 Å². The molecular weight excluding hydrogens is 252 g/mol. The molecule has 1 aliphatic rings. The van der Waals surface area contributed by atoms with Crippen LogP contribution in [0.4, 0.5) is 5.82 Å². The van der Waals surface area contributed by atoms with Crippen molar-refractivity contribution in [3.05, 3.63) is 18.3 Å². The van der Waals surface area contributed by atoms with Gasteiger partial charge in [0.1, 0.15) is 5.82 Å². The molecule has 100 valence electrons. The summed E-state index contributed by atoms with van der Waals surface area (Å²) in [4.78, 5) is 4.24. The molecule has 2 rings (SSSR count). The molecule has 1 saturated carbocycles. The van der Waals surface area contributed by atoms with Crippen molar-refractivity contribution in [3.8, 4) is 0 Å². The molecule has 1 aliphatic carbocycles. The fourth-order valence-electron chi connectivity index (χ4n) is 2.17. The standard InChI is InChI=1S/C12H18N2O3S/c1-18(16,17)10-4-5-11(13-8-10)14-9-12(15)6-2-3-7-12/h4-5,8,15H,2-3,6-7,9H2,1H3,(H,13,14). The van der Waals surface area contributed by atoms with Gasteiger partial charge in [0.05, 0.1) is 10.5 Å². The highest BCUT2D eigenvalue weighted by molar-refractivity contribution is 7.90. The van der Waals surface area contributed by atoms with Crippen molar-refractivity contribution in [2.75, 3.05) is 18.1 Å². The molecule has 0 bridgehead atoms. The minimum atomic E-state index is -3.20. The van der Waals surface area contributed by atoms with E-state index in [4.69, 9.17) is 0 Å². The van der Waals surface area contributed by atoms with Crippen LogP contribution in [0, 0.1) is 0 Å². The summed E-state index contributed by atoms with van der Waals surface area (Å²) >= 11 is 0. The molecule has 0 radical (unpaired) electrons. The fraction of sp³-hybridized carbons (Fsp3) is 0.583. The third kappa shape index (κ3) is 3.20. The summed E-state index contributed by atoms with van der Waals surface area (Å²) in [7, 11) is -3.20. The lowest BCUT2D eigenvalue weighted by molar-refractivity contribution is 0.0614. The number of nitrogens with one attached hydrogen (secondary N) is 1. The van der Waals surface area contributed by atoms with Crippen LogP contribution < -0.4 is 5.32 Å². The minimum Gasteiger partial charge on any atom is -0.388 e. The maximum absolute atomic E-state index is 11.3. The van der Waals surface area contributed by atoms with E-state index in [1.54, 1.807) is 6.07 Å². The van der Waals surface area contributed by atoms with Crippen molar-refractivity contribution in [1.29, 1.82) is 0 Å². The number of hydrogen-bond donors (Lipinski definition) is 2. The van der Waals surface area contributed by atoms with Crippen LogP contribution in [0.2, 0.25) is 0 Å². The molecule has 1 fully saturated rings. The van der Waals surface area contributed by atoms with Gasteiger partial charge in [0.2, 0.25) is 0 Å². The molecule has 5 nitrogen and oxygen atoms in total. The monoisotopic (exact) mass is 270 g/mol. The largest absolute Gasteiger partial charge is 0.388 e. The van der Waals surface area contributed by atoms with E-state index in [2.05, 4.69) is 10.3 Å². The van der Waals surface area contributed by atoms with E-state index in [9.17, 15) is 13.5 Å². The summed E-state index contributed by atoms with van der Waals surface area (Å²) in [6.07, 6.45) is 6.20. The highest BCUT2D eigenvalue weighted by atomic mass is 32.2. The Kier molecular flexibility index (Phi) is 3.59. The van der Waals surface area contributed by atoms with Gasteiger partial charge in [-0.05, 0) is 25.0 Å². The number of sulfone groups is 1. The van der Waals surface area contributed by atoms with Gasteiger partial charge in [-0.15, -0.1) is 0 Å². The molecule has 0 unspecified atom stereocenters. The predicted octanol–water partition coefficient (Wildman–Crippen LogP) is 1.20. The molecule has 0 aromatic carbocycles. The molecule has 2 N–H and O–H groups in total. The Morgan fingerprint density at radius 3 is 2.56 bits per heavy atom. The van der Waals surface area contributed by atoms with E-state index in [0.29, 0.717) is 12.4 Å². The van der Waals surface area contributed by atoms with Gasteiger partial charge in [-0.25, -0.2) is 13.4 Å². The molecule has 1 heterocycles. The Bertz CT molecular complexity index is 505. The second-order valence-electron chi connectivity index (χ2n) is 4.94. The van der Waals surface area contributed by atoms with Crippen LogP contribution in [0.15, 0.2) is 23.2 Å². The quantitative estimate of drug-likeness (QED) is 0.859. The van der Waals surface area contributed by atoms with Crippen molar-refractivity contribution < 1.29 is 13.5 Å². The number of rotatable bonds is 4. The number of hydrogen-bond acceptors (Lipinski definition) is 5. The average Bonchev–Trinajstić information content (AvgIpc) is 2.74. The first-order chi connectivity index (χ1) is 8.39. The molecule has 0 atom stereocenters. The van der Waals surface area contributed by atoms with Crippen LogP contribution in [-0.2, 0) is 9.84 Å². The smallest absolute Gasteiger partial charge is 0.177 e. The number of pyridine rings is 1. The van der Waals surface area contributed by atoms with Gasteiger partial charge >= 0.3 is 0 Å². The number of aromatic nitrogens is 1. The van der Waals surface area contributed by atoms with Gasteiger partial charge in [0.25, 0.3) is 0 Å². The van der Waals surface area contributed by atoms with E-state index >= 15 is 0 Å². The first-order valence-corrected chi connectivity index (χ1v) is 7.91. The first-order valence-electron chi connectivity index (χ1n) is 6.01. The SMILES string of the molecule is CS(=O)(=O)c1ccc(NCC2(O)CCCC2)nc1. The van der Waals surface area contributed by atoms with Gasteiger partial charge < -0.3 is 10.4 Å². The molecule has 18 heavy (non-hydrogen) atoms. The molecule has 0 amide bonds. The Hall–Kier alpha value is -1.14. The zero-order valence-electron chi connectivity index (χ0n) is 10.4. The van der Waals surface area contributed by atoms with Crippen LogP contribution in [-0.4, -0.2) is 36.9 Å². The molecular formula is C12H18N2O3S. The molecule has 6 heteroatoms. The molecule has 1 aromatic heterocycles. The summed E-state index contributed by atoms with van der Waals surface area (Å²) < 4.78 is 22.5. The molecule has 0 aliphatic heterocycles. The van der Waals surface area contributed by atoms with Gasteiger partial charge in [-0.2, -0.15) is 0 Å². The summed E-state index contributed by atoms with van der Waals surface area (Å²) in [6, 6.07) is 3.14. The van der Waals surface area contributed by atoms with Gasteiger partial charge in [0, 0.05) is 19.0 Å². The number of anilines is 1. The van der Waals surface area contributed by atoms with Crippen molar-refractivity contribution in [3.63, 3.8) is 0 Å². The van der Waals surface area contributed by atoms with Crippen LogP contribution in [0.25, 0.3) is 0 Å². The van der Waals surface area contributed by atoms with E-state index < -0.39 is 15.4 Å². The second-order valence-corrected chi connectivity index (χ2v) is 6.95. The van der Waals surface area contributed by atoms with E-state index in [1.807, 2.05) is 0 Å². The fourth-order valence-corrected chi connectivity index (χ4v) is 2.73. The van der Waals surface area contributed by atoms with E-state index in [1.165, 1.54) is 12.3 Å².